The molecule has 2 nitrogen and oxygen atoms in total. The zero-order valence-corrected chi connectivity index (χ0v) is 9.33. The number of fused-ring (bicyclic) bond motifs is 1. The summed E-state index contributed by atoms with van der Waals surface area (Å²) in [7, 11) is 0. The van der Waals surface area contributed by atoms with Gasteiger partial charge in [0.1, 0.15) is 0 Å². The summed E-state index contributed by atoms with van der Waals surface area (Å²) in [5.41, 5.74) is 3.28. The van der Waals surface area contributed by atoms with Gasteiger partial charge in [-0.2, -0.15) is 0 Å². The van der Waals surface area contributed by atoms with Gasteiger partial charge in [-0.15, -0.1) is 0 Å². The van der Waals surface area contributed by atoms with Gasteiger partial charge >= 0.3 is 0 Å². The maximum absolute atomic E-state index is 4.43. The number of pyridine rings is 2. The first-order chi connectivity index (χ1) is 7.31. The van der Waals surface area contributed by atoms with Gasteiger partial charge < -0.3 is 0 Å². The molecular weight excluding hydrogens is 184 g/mol. The van der Waals surface area contributed by atoms with E-state index in [0.717, 1.165) is 17.8 Å². The predicted octanol–water partition coefficient (Wildman–Crippen LogP) is 3.28. The van der Waals surface area contributed by atoms with E-state index >= 15 is 0 Å². The molecule has 0 aliphatic rings. The number of hydrogen-bond donors (Lipinski definition) is 0. The van der Waals surface area contributed by atoms with E-state index in [1.165, 1.54) is 23.8 Å². The Kier molecular flexibility index (Phi) is 2.95. The summed E-state index contributed by atoms with van der Waals surface area (Å²) in [6, 6.07) is 6.30. The molecule has 0 radical (unpaired) electrons. The molecule has 15 heavy (non-hydrogen) atoms. The van der Waals surface area contributed by atoms with Crippen LogP contribution in [0.3, 0.4) is 0 Å². The summed E-state index contributed by atoms with van der Waals surface area (Å²) in [4.78, 5) is 8.73. The zero-order chi connectivity index (χ0) is 10.7. The Bertz CT molecular complexity index is 463. The summed E-state index contributed by atoms with van der Waals surface area (Å²) in [6.45, 7) is 4.21. The van der Waals surface area contributed by atoms with Crippen molar-refractivity contribution in [1.82, 2.24) is 9.97 Å². The molecule has 0 amide bonds. The lowest BCUT2D eigenvalue weighted by molar-refractivity contribution is 0.798. The van der Waals surface area contributed by atoms with Crippen LogP contribution in [0, 0.1) is 6.92 Å². The van der Waals surface area contributed by atoms with Gasteiger partial charge in [-0.25, -0.2) is 9.97 Å². The lowest BCUT2D eigenvalue weighted by Gasteiger charge is -2.04. The average molecular weight is 200 g/mol. The molecule has 0 saturated carbocycles. The summed E-state index contributed by atoms with van der Waals surface area (Å²) in [5, 5.41) is 1.21. The van der Waals surface area contributed by atoms with Gasteiger partial charge in [0.15, 0.2) is 5.65 Å². The van der Waals surface area contributed by atoms with Crippen LogP contribution >= 0.6 is 0 Å². The van der Waals surface area contributed by atoms with E-state index in [9.17, 15) is 0 Å². The van der Waals surface area contributed by atoms with Crippen molar-refractivity contribution in [3.8, 4) is 0 Å². The van der Waals surface area contributed by atoms with Crippen LogP contribution in [0.4, 0.5) is 0 Å². The Morgan fingerprint density at radius 2 is 2.07 bits per heavy atom. The van der Waals surface area contributed by atoms with Crippen LogP contribution < -0.4 is 0 Å². The maximum Gasteiger partial charge on any atom is 0.159 e. The van der Waals surface area contributed by atoms with Gasteiger partial charge in [-0.1, -0.05) is 13.3 Å². The third-order valence-electron chi connectivity index (χ3n) is 2.63. The van der Waals surface area contributed by atoms with E-state index < -0.39 is 0 Å². The van der Waals surface area contributed by atoms with Crippen LogP contribution in [0.25, 0.3) is 11.0 Å². The van der Waals surface area contributed by atoms with Crippen molar-refractivity contribution in [2.45, 2.75) is 33.1 Å². The Morgan fingerprint density at radius 1 is 1.20 bits per heavy atom. The fourth-order valence-electron chi connectivity index (χ4n) is 1.76. The van der Waals surface area contributed by atoms with Gasteiger partial charge in [0.05, 0.1) is 0 Å². The Morgan fingerprint density at radius 3 is 2.87 bits per heavy atom. The maximum atomic E-state index is 4.43. The van der Waals surface area contributed by atoms with E-state index in [1.54, 1.807) is 0 Å². The number of unbranched alkanes of at least 4 members (excludes halogenated alkanes) is 1. The van der Waals surface area contributed by atoms with E-state index in [2.05, 4.69) is 35.1 Å². The fraction of sp³-hybridized carbons (Fsp3) is 0.385. The van der Waals surface area contributed by atoms with Crippen molar-refractivity contribution in [2.24, 2.45) is 0 Å². The molecule has 0 bridgehead atoms. The van der Waals surface area contributed by atoms with Crippen molar-refractivity contribution in [2.75, 3.05) is 0 Å². The lowest BCUT2D eigenvalue weighted by Crippen LogP contribution is -1.92. The topological polar surface area (TPSA) is 25.8 Å². The normalized spacial score (nSPS) is 10.8. The molecule has 0 aromatic carbocycles. The van der Waals surface area contributed by atoms with E-state index in [-0.39, 0.29) is 0 Å². The average Bonchev–Trinajstić information content (AvgIpc) is 2.25. The third-order valence-corrected chi connectivity index (χ3v) is 2.63. The third kappa shape index (κ3) is 2.14. The van der Waals surface area contributed by atoms with E-state index in [1.807, 2.05) is 13.1 Å². The van der Waals surface area contributed by atoms with Crippen molar-refractivity contribution >= 4 is 11.0 Å². The molecule has 0 saturated heterocycles. The van der Waals surface area contributed by atoms with Crippen LogP contribution in [-0.4, -0.2) is 9.97 Å². The molecule has 0 unspecified atom stereocenters. The smallest absolute Gasteiger partial charge is 0.159 e. The number of rotatable bonds is 3. The second-order valence-electron chi connectivity index (χ2n) is 3.90. The molecule has 2 heterocycles. The highest BCUT2D eigenvalue weighted by Gasteiger charge is 2.02. The van der Waals surface area contributed by atoms with Gasteiger partial charge in [-0.3, -0.25) is 0 Å². The molecule has 0 spiro atoms. The summed E-state index contributed by atoms with van der Waals surface area (Å²) in [5.74, 6) is 0. The molecule has 0 fully saturated rings. The molecule has 2 aromatic heterocycles. The second-order valence-corrected chi connectivity index (χ2v) is 3.90. The summed E-state index contributed by atoms with van der Waals surface area (Å²) >= 11 is 0. The first-order valence-corrected chi connectivity index (χ1v) is 5.52. The van der Waals surface area contributed by atoms with Gasteiger partial charge in [0, 0.05) is 17.3 Å². The molecule has 2 aromatic rings. The minimum Gasteiger partial charge on any atom is -0.237 e. The predicted molar refractivity (Wildman–Crippen MR) is 62.9 cm³/mol. The zero-order valence-electron chi connectivity index (χ0n) is 9.33. The molecule has 0 atom stereocenters. The summed E-state index contributed by atoms with van der Waals surface area (Å²) < 4.78 is 0. The number of nitrogens with zero attached hydrogens (tertiary/aromatic N) is 2. The molecular formula is C13H16N2. The van der Waals surface area contributed by atoms with Crippen LogP contribution in [0.1, 0.15) is 31.0 Å². The largest absolute Gasteiger partial charge is 0.237 e. The first kappa shape index (κ1) is 10.1. The standard InChI is InChI=1S/C13H16N2/c1-3-4-5-11-8-9-14-13-12(11)7-6-10(2)15-13/h6-9H,3-5H2,1-2H3. The van der Waals surface area contributed by atoms with Crippen molar-refractivity contribution in [3.05, 3.63) is 35.7 Å². The fourth-order valence-corrected chi connectivity index (χ4v) is 1.76. The number of hydrogen-bond acceptors (Lipinski definition) is 2. The highest BCUT2D eigenvalue weighted by molar-refractivity contribution is 5.78. The molecule has 0 aliphatic heterocycles. The Labute approximate surface area is 90.4 Å². The Balaban J connectivity index is 2.46. The van der Waals surface area contributed by atoms with E-state index in [0.29, 0.717) is 0 Å². The number of aryl methyl sites for hydroxylation is 2. The van der Waals surface area contributed by atoms with Crippen molar-refractivity contribution in [3.63, 3.8) is 0 Å². The lowest BCUT2D eigenvalue weighted by atomic mass is 10.1. The Hall–Kier alpha value is -1.44. The van der Waals surface area contributed by atoms with Crippen LogP contribution in [0.15, 0.2) is 24.4 Å². The summed E-state index contributed by atoms with van der Waals surface area (Å²) in [6.07, 6.45) is 5.44. The van der Waals surface area contributed by atoms with Gasteiger partial charge in [0.2, 0.25) is 0 Å². The monoisotopic (exact) mass is 200 g/mol. The molecule has 0 aliphatic carbocycles. The molecule has 78 valence electrons. The SMILES string of the molecule is CCCCc1ccnc2nc(C)ccc12. The van der Waals surface area contributed by atoms with Crippen LogP contribution in [-0.2, 0) is 6.42 Å². The van der Waals surface area contributed by atoms with Gasteiger partial charge in [0.25, 0.3) is 0 Å². The van der Waals surface area contributed by atoms with E-state index in [4.69, 9.17) is 0 Å². The minimum atomic E-state index is 0.878. The van der Waals surface area contributed by atoms with Gasteiger partial charge in [-0.05, 0) is 43.5 Å². The highest BCUT2D eigenvalue weighted by atomic mass is 14.8. The van der Waals surface area contributed by atoms with Crippen molar-refractivity contribution < 1.29 is 0 Å². The minimum absolute atomic E-state index is 0.878. The molecule has 2 heteroatoms. The number of aromatic nitrogens is 2. The molecule has 2 rings (SSSR count). The van der Waals surface area contributed by atoms with Crippen molar-refractivity contribution in [1.29, 1.82) is 0 Å². The highest BCUT2D eigenvalue weighted by Crippen LogP contribution is 2.17. The molecule has 0 N–H and O–H groups in total. The van der Waals surface area contributed by atoms with Crippen LogP contribution in [0.5, 0.6) is 0 Å². The quantitative estimate of drug-likeness (QED) is 0.759. The van der Waals surface area contributed by atoms with Crippen LogP contribution in [0.2, 0.25) is 0 Å². The second kappa shape index (κ2) is 4.39. The first-order valence-electron chi connectivity index (χ1n) is 5.52.